The molecular formula is C16H22N2O5. The molecule has 1 aromatic rings. The lowest BCUT2D eigenvalue weighted by atomic mass is 10.0. The molecule has 0 radical (unpaired) electrons. The number of nitrogens with zero attached hydrogens (tertiary/aromatic N) is 2. The zero-order valence-corrected chi connectivity index (χ0v) is 13.9. The third-order valence-electron chi connectivity index (χ3n) is 3.30. The van der Waals surface area contributed by atoms with Crippen LogP contribution in [-0.4, -0.2) is 45.8 Å². The maximum Gasteiger partial charge on any atom is 0.410 e. The predicted molar refractivity (Wildman–Crippen MR) is 82.2 cm³/mol. The molecule has 0 atom stereocenters. The molecule has 23 heavy (non-hydrogen) atoms. The molecule has 1 aromatic heterocycles. The Morgan fingerprint density at radius 2 is 2.09 bits per heavy atom. The highest BCUT2D eigenvalue weighted by Crippen LogP contribution is 2.25. The number of fused-ring (bicyclic) bond motifs is 1. The number of rotatable bonds is 2. The zero-order valence-electron chi connectivity index (χ0n) is 13.9. The molecule has 0 saturated heterocycles. The van der Waals surface area contributed by atoms with Gasteiger partial charge in [-0.2, -0.15) is 0 Å². The van der Waals surface area contributed by atoms with Crippen LogP contribution in [0.4, 0.5) is 4.79 Å². The van der Waals surface area contributed by atoms with Crippen molar-refractivity contribution in [3.05, 3.63) is 22.9 Å². The first-order chi connectivity index (χ1) is 10.7. The van der Waals surface area contributed by atoms with Gasteiger partial charge in [-0.1, -0.05) is 0 Å². The van der Waals surface area contributed by atoms with E-state index in [2.05, 4.69) is 4.98 Å². The number of aromatic hydroxyl groups is 1. The van der Waals surface area contributed by atoms with E-state index in [4.69, 9.17) is 9.47 Å². The van der Waals surface area contributed by atoms with E-state index in [9.17, 15) is 14.7 Å². The summed E-state index contributed by atoms with van der Waals surface area (Å²) in [6.45, 7) is 8.05. The third kappa shape index (κ3) is 4.12. The van der Waals surface area contributed by atoms with Crippen molar-refractivity contribution in [2.45, 2.75) is 46.3 Å². The van der Waals surface area contributed by atoms with Crippen molar-refractivity contribution >= 4 is 12.1 Å². The van der Waals surface area contributed by atoms with Gasteiger partial charge in [-0.3, -0.25) is 0 Å². The maximum atomic E-state index is 12.2. The molecule has 0 spiro atoms. The molecule has 7 nitrogen and oxygen atoms in total. The number of pyridine rings is 1. The number of aromatic nitrogens is 1. The topological polar surface area (TPSA) is 89.0 Å². The van der Waals surface area contributed by atoms with E-state index in [0.717, 1.165) is 0 Å². The van der Waals surface area contributed by atoms with E-state index in [1.165, 1.54) is 6.07 Å². The monoisotopic (exact) mass is 322 g/mol. The molecule has 0 aromatic carbocycles. The van der Waals surface area contributed by atoms with Gasteiger partial charge in [-0.05, 0) is 39.3 Å². The standard InChI is InChI=1S/C16H22N2O5/c1-5-22-14(20)11-8-10-9-18(15(21)23-16(2,3)4)7-6-12(10)17-13(11)19/h8H,5-7,9H2,1-4H3,(H,17,19). The van der Waals surface area contributed by atoms with Crippen molar-refractivity contribution in [3.63, 3.8) is 0 Å². The van der Waals surface area contributed by atoms with Crippen LogP contribution >= 0.6 is 0 Å². The number of esters is 1. The van der Waals surface area contributed by atoms with Crippen molar-refractivity contribution in [2.24, 2.45) is 0 Å². The van der Waals surface area contributed by atoms with Crippen molar-refractivity contribution in [2.75, 3.05) is 13.2 Å². The lowest BCUT2D eigenvalue weighted by Gasteiger charge is -2.31. The first-order valence-corrected chi connectivity index (χ1v) is 7.58. The van der Waals surface area contributed by atoms with Crippen LogP contribution in [0, 0.1) is 0 Å². The zero-order chi connectivity index (χ0) is 17.2. The highest BCUT2D eigenvalue weighted by atomic mass is 16.6. The molecule has 0 saturated carbocycles. The number of ether oxygens (including phenoxy) is 2. The fourth-order valence-electron chi connectivity index (χ4n) is 2.30. The Morgan fingerprint density at radius 1 is 1.39 bits per heavy atom. The summed E-state index contributed by atoms with van der Waals surface area (Å²) >= 11 is 0. The summed E-state index contributed by atoms with van der Waals surface area (Å²) in [7, 11) is 0. The van der Waals surface area contributed by atoms with Crippen LogP contribution < -0.4 is 0 Å². The molecule has 1 aliphatic heterocycles. The molecule has 0 aliphatic carbocycles. The Hall–Kier alpha value is -2.31. The van der Waals surface area contributed by atoms with E-state index in [1.54, 1.807) is 32.6 Å². The second-order valence-corrected chi connectivity index (χ2v) is 6.34. The molecule has 2 heterocycles. The minimum Gasteiger partial charge on any atom is -0.493 e. The van der Waals surface area contributed by atoms with Gasteiger partial charge in [0.15, 0.2) is 0 Å². The van der Waals surface area contributed by atoms with Gasteiger partial charge in [0.25, 0.3) is 0 Å². The van der Waals surface area contributed by atoms with Crippen LogP contribution in [0.3, 0.4) is 0 Å². The second kappa shape index (κ2) is 6.44. The van der Waals surface area contributed by atoms with Gasteiger partial charge < -0.3 is 19.5 Å². The van der Waals surface area contributed by atoms with Crippen LogP contribution in [0.5, 0.6) is 5.88 Å². The molecular weight excluding hydrogens is 300 g/mol. The summed E-state index contributed by atoms with van der Waals surface area (Å²) < 4.78 is 10.3. The number of amides is 1. The average Bonchev–Trinajstić information content (AvgIpc) is 2.44. The van der Waals surface area contributed by atoms with Crippen LogP contribution in [0.25, 0.3) is 0 Å². The lowest BCUT2D eigenvalue weighted by Crippen LogP contribution is -2.40. The van der Waals surface area contributed by atoms with Crippen molar-refractivity contribution in [3.8, 4) is 5.88 Å². The fourth-order valence-corrected chi connectivity index (χ4v) is 2.30. The molecule has 126 valence electrons. The largest absolute Gasteiger partial charge is 0.493 e. The molecule has 1 amide bonds. The number of carbonyl (C=O) groups is 2. The van der Waals surface area contributed by atoms with Gasteiger partial charge in [0.2, 0.25) is 5.88 Å². The Morgan fingerprint density at radius 3 is 2.70 bits per heavy atom. The van der Waals surface area contributed by atoms with Crippen LogP contribution in [0.2, 0.25) is 0 Å². The summed E-state index contributed by atoms with van der Waals surface area (Å²) in [4.78, 5) is 29.6. The molecule has 1 aliphatic rings. The smallest absolute Gasteiger partial charge is 0.410 e. The van der Waals surface area contributed by atoms with E-state index >= 15 is 0 Å². The quantitative estimate of drug-likeness (QED) is 0.840. The molecule has 0 bridgehead atoms. The maximum absolute atomic E-state index is 12.2. The Kier molecular flexibility index (Phi) is 4.77. The molecule has 0 unspecified atom stereocenters. The predicted octanol–water partition coefficient (Wildman–Crippen LogP) is 2.26. The highest BCUT2D eigenvalue weighted by molar-refractivity contribution is 5.92. The Balaban J connectivity index is 2.21. The number of hydrogen-bond donors (Lipinski definition) is 1. The van der Waals surface area contributed by atoms with Gasteiger partial charge in [0.1, 0.15) is 11.2 Å². The lowest BCUT2D eigenvalue weighted by molar-refractivity contribution is 0.0222. The van der Waals surface area contributed by atoms with Gasteiger partial charge in [-0.15, -0.1) is 0 Å². The van der Waals surface area contributed by atoms with Crippen LogP contribution in [-0.2, 0) is 22.4 Å². The third-order valence-corrected chi connectivity index (χ3v) is 3.30. The first kappa shape index (κ1) is 17.1. The summed E-state index contributed by atoms with van der Waals surface area (Å²) in [6, 6.07) is 1.53. The molecule has 2 rings (SSSR count). The number of hydrogen-bond acceptors (Lipinski definition) is 6. The highest BCUT2D eigenvalue weighted by Gasteiger charge is 2.28. The van der Waals surface area contributed by atoms with Crippen molar-refractivity contribution < 1.29 is 24.2 Å². The molecule has 7 heteroatoms. The van der Waals surface area contributed by atoms with Crippen LogP contribution in [0.1, 0.15) is 49.3 Å². The SMILES string of the molecule is CCOC(=O)c1cc2c(nc1O)CCN(C(=O)OC(C)(C)C)C2. The summed E-state index contributed by atoms with van der Waals surface area (Å²) in [5.74, 6) is -0.970. The Bertz CT molecular complexity index is 622. The molecule has 0 fully saturated rings. The van der Waals surface area contributed by atoms with Gasteiger partial charge in [-0.25, -0.2) is 14.6 Å². The Labute approximate surface area is 135 Å². The van der Waals surface area contributed by atoms with Gasteiger partial charge in [0.05, 0.1) is 18.8 Å². The van der Waals surface area contributed by atoms with Crippen molar-refractivity contribution in [1.82, 2.24) is 9.88 Å². The fraction of sp³-hybridized carbons (Fsp3) is 0.562. The summed E-state index contributed by atoms with van der Waals surface area (Å²) in [5, 5.41) is 9.87. The summed E-state index contributed by atoms with van der Waals surface area (Å²) in [6.07, 6.45) is 0.0829. The van der Waals surface area contributed by atoms with E-state index < -0.39 is 17.7 Å². The van der Waals surface area contributed by atoms with E-state index in [0.29, 0.717) is 24.2 Å². The van der Waals surface area contributed by atoms with Gasteiger partial charge >= 0.3 is 12.1 Å². The molecule has 1 N–H and O–H groups in total. The van der Waals surface area contributed by atoms with E-state index in [-0.39, 0.29) is 24.6 Å². The average molecular weight is 322 g/mol. The number of carbonyl (C=O) groups excluding carboxylic acids is 2. The minimum absolute atomic E-state index is 0.0108. The van der Waals surface area contributed by atoms with Gasteiger partial charge in [0, 0.05) is 13.0 Å². The van der Waals surface area contributed by atoms with Crippen molar-refractivity contribution in [1.29, 1.82) is 0 Å². The van der Waals surface area contributed by atoms with Crippen LogP contribution in [0.15, 0.2) is 6.07 Å². The van der Waals surface area contributed by atoms with E-state index in [1.807, 2.05) is 0 Å². The normalized spacial score (nSPS) is 14.2. The minimum atomic E-state index is -0.630. The summed E-state index contributed by atoms with van der Waals surface area (Å²) in [5.41, 5.74) is 0.829. The second-order valence-electron chi connectivity index (χ2n) is 6.34. The first-order valence-electron chi connectivity index (χ1n) is 7.58.